The molecule has 0 saturated carbocycles. The molecular formula is C15H18F3N5O2. The number of pyridine rings is 1. The monoisotopic (exact) mass is 357 g/mol. The summed E-state index contributed by atoms with van der Waals surface area (Å²) < 4.78 is 47.2. The largest absolute Gasteiger partial charge is 0.433 e. The van der Waals surface area contributed by atoms with Crippen LogP contribution in [0.3, 0.4) is 0 Å². The maximum absolute atomic E-state index is 13.5. The lowest BCUT2D eigenvalue weighted by Gasteiger charge is -2.26. The Morgan fingerprint density at radius 1 is 1.40 bits per heavy atom. The van der Waals surface area contributed by atoms with Gasteiger partial charge in [0.1, 0.15) is 6.54 Å². The van der Waals surface area contributed by atoms with Crippen LogP contribution in [0.25, 0.3) is 11.0 Å². The van der Waals surface area contributed by atoms with Crippen molar-refractivity contribution in [2.45, 2.75) is 45.1 Å². The van der Waals surface area contributed by atoms with Crippen LogP contribution in [0.15, 0.2) is 11.4 Å². The van der Waals surface area contributed by atoms with Crippen molar-refractivity contribution in [1.82, 2.24) is 14.8 Å². The highest BCUT2D eigenvalue weighted by molar-refractivity contribution is 5.91. The number of anilines is 1. The van der Waals surface area contributed by atoms with Gasteiger partial charge in [0.2, 0.25) is 0 Å². The zero-order valence-electron chi connectivity index (χ0n) is 13.6. The number of ether oxygens (including phenoxy) is 1. The fraction of sp³-hybridized carbons (Fsp3) is 0.600. The standard InChI is InChI=1S/C15H18F3N5O2/c1-2-23-14-11(7-19-23)12(21-9-3-5-25-6-4-9)10(8-20-24)13(22-14)15(16,17)18/h7,9H,2-6,8H2,1H3,(H,21,22). The predicted octanol–water partition coefficient (Wildman–Crippen LogP) is 3.33. The number of hydrogen-bond acceptors (Lipinski definition) is 6. The molecule has 0 aliphatic carbocycles. The molecule has 0 amide bonds. The summed E-state index contributed by atoms with van der Waals surface area (Å²) in [5.74, 6) is 0. The highest BCUT2D eigenvalue weighted by atomic mass is 19.4. The molecular weight excluding hydrogens is 339 g/mol. The van der Waals surface area contributed by atoms with Crippen molar-refractivity contribution >= 4 is 16.7 Å². The van der Waals surface area contributed by atoms with Crippen LogP contribution >= 0.6 is 0 Å². The SMILES string of the molecule is CCn1ncc2c(NC3CCOCC3)c(CN=O)c(C(F)(F)F)nc21. The molecule has 0 bridgehead atoms. The normalized spacial score (nSPS) is 16.3. The van der Waals surface area contributed by atoms with E-state index in [-0.39, 0.29) is 22.9 Å². The van der Waals surface area contributed by atoms with E-state index in [4.69, 9.17) is 4.74 Å². The van der Waals surface area contributed by atoms with Gasteiger partial charge in [-0.1, -0.05) is 5.18 Å². The summed E-state index contributed by atoms with van der Waals surface area (Å²) in [7, 11) is 0. The van der Waals surface area contributed by atoms with E-state index in [0.717, 1.165) is 0 Å². The van der Waals surface area contributed by atoms with Crippen LogP contribution in [0.4, 0.5) is 18.9 Å². The van der Waals surface area contributed by atoms with E-state index in [0.29, 0.717) is 38.0 Å². The van der Waals surface area contributed by atoms with E-state index < -0.39 is 18.4 Å². The molecule has 0 radical (unpaired) electrons. The number of aromatic nitrogens is 3. The van der Waals surface area contributed by atoms with Crippen molar-refractivity contribution < 1.29 is 17.9 Å². The first-order valence-electron chi connectivity index (χ1n) is 8.04. The van der Waals surface area contributed by atoms with Gasteiger partial charge in [0.05, 0.1) is 17.3 Å². The first-order valence-corrected chi connectivity index (χ1v) is 8.04. The second-order valence-electron chi connectivity index (χ2n) is 5.83. The van der Waals surface area contributed by atoms with Gasteiger partial charge in [0, 0.05) is 31.4 Å². The lowest BCUT2D eigenvalue weighted by Crippen LogP contribution is -2.29. The lowest BCUT2D eigenvalue weighted by molar-refractivity contribution is -0.141. The zero-order chi connectivity index (χ0) is 18.0. The number of rotatable bonds is 5. The van der Waals surface area contributed by atoms with Gasteiger partial charge in [-0.2, -0.15) is 23.2 Å². The number of aryl methyl sites for hydroxylation is 1. The summed E-state index contributed by atoms with van der Waals surface area (Å²) in [5.41, 5.74) is -0.955. The molecule has 0 aromatic carbocycles. The Kier molecular flexibility index (Phi) is 4.89. The van der Waals surface area contributed by atoms with Gasteiger partial charge in [-0.15, -0.1) is 0 Å². The fourth-order valence-corrected chi connectivity index (χ4v) is 3.02. The molecule has 3 rings (SSSR count). The minimum Gasteiger partial charge on any atom is -0.381 e. The van der Waals surface area contributed by atoms with Gasteiger partial charge in [-0.05, 0) is 19.8 Å². The van der Waals surface area contributed by atoms with Crippen LogP contribution in [-0.4, -0.2) is 34.0 Å². The molecule has 1 aliphatic heterocycles. The molecule has 1 fully saturated rings. The molecule has 3 heterocycles. The number of alkyl halides is 3. The van der Waals surface area contributed by atoms with Gasteiger partial charge >= 0.3 is 6.18 Å². The highest BCUT2D eigenvalue weighted by Gasteiger charge is 2.38. The summed E-state index contributed by atoms with van der Waals surface area (Å²) in [5, 5.41) is 10.4. The molecule has 1 saturated heterocycles. The van der Waals surface area contributed by atoms with Crippen LogP contribution in [0.1, 0.15) is 31.0 Å². The quantitative estimate of drug-likeness (QED) is 0.830. The van der Waals surface area contributed by atoms with Crippen LogP contribution < -0.4 is 5.32 Å². The molecule has 2 aromatic heterocycles. The molecule has 2 aromatic rings. The van der Waals surface area contributed by atoms with Gasteiger partial charge in [-0.25, -0.2) is 9.67 Å². The zero-order valence-corrected chi connectivity index (χ0v) is 13.6. The fourth-order valence-electron chi connectivity index (χ4n) is 3.02. The number of nitrogens with one attached hydrogen (secondary N) is 1. The van der Waals surface area contributed by atoms with Crippen molar-refractivity contribution in [3.63, 3.8) is 0 Å². The van der Waals surface area contributed by atoms with E-state index in [1.807, 2.05) is 0 Å². The van der Waals surface area contributed by atoms with Crippen molar-refractivity contribution in [3.05, 3.63) is 22.4 Å². The molecule has 0 atom stereocenters. The third-order valence-electron chi connectivity index (χ3n) is 4.25. The summed E-state index contributed by atoms with van der Waals surface area (Å²) in [4.78, 5) is 14.5. The number of nitrogens with zero attached hydrogens (tertiary/aromatic N) is 4. The molecule has 7 nitrogen and oxygen atoms in total. The number of halogens is 3. The Bertz CT molecular complexity index is 769. The van der Waals surface area contributed by atoms with Gasteiger partial charge in [-0.3, -0.25) is 0 Å². The predicted molar refractivity (Wildman–Crippen MR) is 85.2 cm³/mol. The van der Waals surface area contributed by atoms with Crippen LogP contribution in [-0.2, 0) is 24.0 Å². The van der Waals surface area contributed by atoms with Gasteiger partial charge in [0.25, 0.3) is 0 Å². The molecule has 1 N–H and O–H groups in total. The van der Waals surface area contributed by atoms with Gasteiger partial charge < -0.3 is 10.1 Å². The molecule has 10 heteroatoms. The minimum absolute atomic E-state index is 0.0455. The van der Waals surface area contributed by atoms with E-state index in [1.54, 1.807) is 6.92 Å². The van der Waals surface area contributed by atoms with Crippen LogP contribution in [0.2, 0.25) is 0 Å². The van der Waals surface area contributed by atoms with E-state index in [1.165, 1.54) is 10.9 Å². The summed E-state index contributed by atoms with van der Waals surface area (Å²) in [6, 6.07) is -0.0455. The van der Waals surface area contributed by atoms with E-state index in [9.17, 15) is 18.1 Å². The average Bonchev–Trinajstić information content (AvgIpc) is 2.99. The Balaban J connectivity index is 2.19. The first kappa shape index (κ1) is 17.6. The second kappa shape index (κ2) is 6.95. The molecule has 1 aliphatic rings. The number of hydrogen-bond donors (Lipinski definition) is 1. The maximum Gasteiger partial charge on any atom is 0.433 e. The third kappa shape index (κ3) is 3.44. The second-order valence-corrected chi connectivity index (χ2v) is 5.83. The topological polar surface area (TPSA) is 81.4 Å². The van der Waals surface area contributed by atoms with E-state index in [2.05, 4.69) is 20.6 Å². The van der Waals surface area contributed by atoms with Crippen molar-refractivity contribution in [3.8, 4) is 0 Å². The Labute approximate surface area is 141 Å². The summed E-state index contributed by atoms with van der Waals surface area (Å²) >= 11 is 0. The lowest BCUT2D eigenvalue weighted by atomic mass is 10.0. The van der Waals surface area contributed by atoms with Crippen molar-refractivity contribution in [2.24, 2.45) is 5.18 Å². The molecule has 0 unspecified atom stereocenters. The number of fused-ring (bicyclic) bond motifs is 1. The summed E-state index contributed by atoms with van der Waals surface area (Å²) in [6.07, 6.45) is -1.88. The smallest absolute Gasteiger partial charge is 0.381 e. The van der Waals surface area contributed by atoms with Crippen molar-refractivity contribution in [1.29, 1.82) is 0 Å². The molecule has 136 valence electrons. The first-order chi connectivity index (χ1) is 12.0. The molecule has 25 heavy (non-hydrogen) atoms. The van der Waals surface area contributed by atoms with E-state index >= 15 is 0 Å². The Morgan fingerprint density at radius 2 is 2.12 bits per heavy atom. The Morgan fingerprint density at radius 3 is 2.72 bits per heavy atom. The average molecular weight is 357 g/mol. The third-order valence-corrected chi connectivity index (χ3v) is 4.25. The minimum atomic E-state index is -4.69. The Hall–Kier alpha value is -2.23. The molecule has 0 spiro atoms. The number of nitroso groups, excluding NO2 is 1. The maximum atomic E-state index is 13.5. The van der Waals surface area contributed by atoms with Gasteiger partial charge in [0.15, 0.2) is 11.3 Å². The summed E-state index contributed by atoms with van der Waals surface area (Å²) in [6.45, 7) is 2.62. The van der Waals surface area contributed by atoms with Crippen LogP contribution in [0.5, 0.6) is 0 Å². The van der Waals surface area contributed by atoms with Crippen molar-refractivity contribution in [2.75, 3.05) is 18.5 Å². The van der Waals surface area contributed by atoms with Crippen LogP contribution in [0, 0.1) is 4.91 Å². The highest BCUT2D eigenvalue weighted by Crippen LogP contribution is 2.38.